The molecule has 0 radical (unpaired) electrons. The summed E-state index contributed by atoms with van der Waals surface area (Å²) < 4.78 is 16.1. The summed E-state index contributed by atoms with van der Waals surface area (Å²) in [4.78, 5) is 12.4. The minimum atomic E-state index is 0.636. The molecule has 0 spiro atoms. The molecule has 2 heterocycles. The van der Waals surface area contributed by atoms with E-state index in [1.54, 1.807) is 32.2 Å². The Hall–Kier alpha value is -2.25. The maximum atomic E-state index is 5.84. The van der Waals surface area contributed by atoms with Crippen molar-refractivity contribution in [1.82, 2.24) is 15.0 Å². The Morgan fingerprint density at radius 1 is 1.15 bits per heavy atom. The van der Waals surface area contributed by atoms with Crippen LogP contribution in [0.1, 0.15) is 17.7 Å². The van der Waals surface area contributed by atoms with Gasteiger partial charge in [0.1, 0.15) is 11.5 Å². The van der Waals surface area contributed by atoms with Gasteiger partial charge in [0.05, 0.1) is 30.4 Å². The fourth-order valence-corrected chi connectivity index (χ4v) is 3.45. The van der Waals surface area contributed by atoms with E-state index in [0.29, 0.717) is 13.2 Å². The summed E-state index contributed by atoms with van der Waals surface area (Å²) >= 11 is 1.62. The molecule has 0 fully saturated rings. The molecule has 0 aliphatic heterocycles. The third kappa shape index (κ3) is 4.47. The van der Waals surface area contributed by atoms with Gasteiger partial charge in [-0.2, -0.15) is 0 Å². The first-order chi connectivity index (χ1) is 12.7. The summed E-state index contributed by atoms with van der Waals surface area (Å²) in [5, 5.41) is 0.862. The summed E-state index contributed by atoms with van der Waals surface area (Å²) in [5.41, 5.74) is 3.95. The quantitative estimate of drug-likeness (QED) is 0.452. The van der Waals surface area contributed by atoms with Crippen LogP contribution in [-0.4, -0.2) is 42.4 Å². The predicted molar refractivity (Wildman–Crippen MR) is 103 cm³/mol. The number of imidazole rings is 1. The number of ether oxygens (including phenoxy) is 3. The minimum absolute atomic E-state index is 0.636. The van der Waals surface area contributed by atoms with Gasteiger partial charge in [-0.1, -0.05) is 11.8 Å². The molecule has 0 bridgehead atoms. The van der Waals surface area contributed by atoms with Crippen molar-refractivity contribution in [3.05, 3.63) is 41.7 Å². The van der Waals surface area contributed by atoms with Gasteiger partial charge in [0.25, 0.3) is 0 Å². The number of fused-ring (bicyclic) bond motifs is 1. The Labute approximate surface area is 157 Å². The monoisotopic (exact) mass is 373 g/mol. The van der Waals surface area contributed by atoms with Crippen LogP contribution in [0, 0.1) is 6.92 Å². The highest BCUT2D eigenvalue weighted by Crippen LogP contribution is 2.28. The second kappa shape index (κ2) is 8.91. The molecule has 0 amide bonds. The highest BCUT2D eigenvalue weighted by molar-refractivity contribution is 7.98. The van der Waals surface area contributed by atoms with Crippen LogP contribution in [0.4, 0.5) is 0 Å². The number of hydrogen-bond donors (Lipinski definition) is 1. The summed E-state index contributed by atoms with van der Waals surface area (Å²) in [6.07, 6.45) is 2.66. The number of thioether (sulfide) groups is 1. The normalized spacial score (nSPS) is 11.0. The molecule has 0 saturated carbocycles. The molecule has 0 saturated heterocycles. The largest absolute Gasteiger partial charge is 0.497 e. The SMILES string of the molecule is COCCCOc1ccnc(CSc2nc3ccc(OC)cc3[nH]2)c1C. The van der Waals surface area contributed by atoms with E-state index in [1.165, 1.54) is 0 Å². The standard InChI is InChI=1S/C19H23N3O3S/c1-13-17(20-8-7-18(13)25-10-4-9-23-2)12-26-19-21-15-6-5-14(24-3)11-16(15)22-19/h5-8,11H,4,9-10,12H2,1-3H3,(H,21,22). The fourth-order valence-electron chi connectivity index (χ4n) is 2.54. The maximum absolute atomic E-state index is 5.84. The number of benzene rings is 1. The fraction of sp³-hybridized carbons (Fsp3) is 0.368. The van der Waals surface area contributed by atoms with Gasteiger partial charge in [-0.3, -0.25) is 4.98 Å². The third-order valence-corrected chi connectivity index (χ3v) is 4.91. The number of rotatable bonds is 9. The third-order valence-electron chi connectivity index (χ3n) is 4.02. The number of methoxy groups -OCH3 is 2. The van der Waals surface area contributed by atoms with Gasteiger partial charge >= 0.3 is 0 Å². The predicted octanol–water partition coefficient (Wildman–Crippen LogP) is 3.98. The van der Waals surface area contributed by atoms with Gasteiger partial charge in [0, 0.05) is 43.7 Å². The van der Waals surface area contributed by atoms with Crippen molar-refractivity contribution < 1.29 is 14.2 Å². The number of aromatic nitrogens is 3. The molecule has 0 atom stereocenters. The molecule has 2 aromatic heterocycles. The first kappa shape index (κ1) is 18.5. The number of nitrogens with one attached hydrogen (secondary N) is 1. The van der Waals surface area contributed by atoms with E-state index >= 15 is 0 Å². The van der Waals surface area contributed by atoms with E-state index in [0.717, 1.165) is 51.1 Å². The zero-order valence-corrected chi connectivity index (χ0v) is 16.1. The first-order valence-electron chi connectivity index (χ1n) is 8.44. The van der Waals surface area contributed by atoms with E-state index in [9.17, 15) is 0 Å². The van der Waals surface area contributed by atoms with Crippen LogP contribution in [0.15, 0.2) is 35.6 Å². The summed E-state index contributed by atoms with van der Waals surface area (Å²) in [6, 6.07) is 7.72. The van der Waals surface area contributed by atoms with E-state index in [2.05, 4.69) is 15.0 Å². The van der Waals surface area contributed by atoms with Gasteiger partial charge in [-0.25, -0.2) is 4.98 Å². The van der Waals surface area contributed by atoms with Crippen molar-refractivity contribution in [3.8, 4) is 11.5 Å². The van der Waals surface area contributed by atoms with Crippen molar-refractivity contribution in [1.29, 1.82) is 0 Å². The lowest BCUT2D eigenvalue weighted by molar-refractivity contribution is 0.172. The molecule has 3 rings (SSSR count). The number of nitrogens with zero attached hydrogens (tertiary/aromatic N) is 2. The van der Waals surface area contributed by atoms with Gasteiger partial charge < -0.3 is 19.2 Å². The van der Waals surface area contributed by atoms with Gasteiger partial charge in [0.2, 0.25) is 0 Å². The summed E-state index contributed by atoms with van der Waals surface area (Å²) in [6.45, 7) is 3.37. The second-order valence-electron chi connectivity index (χ2n) is 5.79. The molecular weight excluding hydrogens is 350 g/mol. The van der Waals surface area contributed by atoms with Crippen LogP contribution in [0.25, 0.3) is 11.0 Å². The Morgan fingerprint density at radius 3 is 2.85 bits per heavy atom. The number of aromatic amines is 1. The topological polar surface area (TPSA) is 69.3 Å². The average Bonchev–Trinajstić information content (AvgIpc) is 3.07. The van der Waals surface area contributed by atoms with E-state index in [4.69, 9.17) is 14.2 Å². The van der Waals surface area contributed by atoms with Gasteiger partial charge in [-0.15, -0.1) is 0 Å². The Kier molecular flexibility index (Phi) is 6.35. The van der Waals surface area contributed by atoms with Crippen molar-refractivity contribution in [2.75, 3.05) is 27.4 Å². The summed E-state index contributed by atoms with van der Waals surface area (Å²) in [7, 11) is 3.35. The van der Waals surface area contributed by atoms with E-state index in [1.807, 2.05) is 31.2 Å². The molecule has 6 nitrogen and oxygen atoms in total. The molecule has 0 aliphatic carbocycles. The molecule has 1 aromatic carbocycles. The lowest BCUT2D eigenvalue weighted by Crippen LogP contribution is -2.04. The van der Waals surface area contributed by atoms with Crippen molar-refractivity contribution in [2.45, 2.75) is 24.3 Å². The Morgan fingerprint density at radius 2 is 2.04 bits per heavy atom. The summed E-state index contributed by atoms with van der Waals surface area (Å²) in [5.74, 6) is 2.41. The zero-order chi connectivity index (χ0) is 18.4. The van der Waals surface area contributed by atoms with Crippen molar-refractivity contribution in [2.24, 2.45) is 0 Å². The molecule has 0 unspecified atom stereocenters. The minimum Gasteiger partial charge on any atom is -0.497 e. The van der Waals surface area contributed by atoms with Crippen LogP contribution in [0.2, 0.25) is 0 Å². The Bertz CT molecular complexity index is 866. The van der Waals surface area contributed by atoms with Crippen LogP contribution in [0.5, 0.6) is 11.5 Å². The lowest BCUT2D eigenvalue weighted by atomic mass is 10.2. The van der Waals surface area contributed by atoms with E-state index < -0.39 is 0 Å². The molecule has 138 valence electrons. The highest BCUT2D eigenvalue weighted by Gasteiger charge is 2.10. The highest BCUT2D eigenvalue weighted by atomic mass is 32.2. The first-order valence-corrected chi connectivity index (χ1v) is 9.42. The lowest BCUT2D eigenvalue weighted by Gasteiger charge is -2.11. The Balaban J connectivity index is 1.65. The smallest absolute Gasteiger partial charge is 0.166 e. The zero-order valence-electron chi connectivity index (χ0n) is 15.2. The van der Waals surface area contributed by atoms with Crippen LogP contribution in [0.3, 0.4) is 0 Å². The van der Waals surface area contributed by atoms with Crippen molar-refractivity contribution in [3.63, 3.8) is 0 Å². The molecule has 0 aliphatic rings. The van der Waals surface area contributed by atoms with Crippen LogP contribution < -0.4 is 9.47 Å². The van der Waals surface area contributed by atoms with Gasteiger partial charge in [-0.05, 0) is 25.1 Å². The molecule has 7 heteroatoms. The molecule has 3 aromatic rings. The number of hydrogen-bond acceptors (Lipinski definition) is 6. The molecule has 1 N–H and O–H groups in total. The van der Waals surface area contributed by atoms with Crippen LogP contribution >= 0.6 is 11.8 Å². The second-order valence-corrected chi connectivity index (χ2v) is 6.75. The maximum Gasteiger partial charge on any atom is 0.166 e. The van der Waals surface area contributed by atoms with Crippen molar-refractivity contribution >= 4 is 22.8 Å². The number of H-pyrrole nitrogens is 1. The molecular formula is C19H23N3O3S. The number of pyridine rings is 1. The van der Waals surface area contributed by atoms with E-state index in [-0.39, 0.29) is 0 Å². The van der Waals surface area contributed by atoms with Gasteiger partial charge in [0.15, 0.2) is 5.16 Å². The average molecular weight is 373 g/mol. The van der Waals surface area contributed by atoms with Crippen LogP contribution in [-0.2, 0) is 10.5 Å². The molecule has 26 heavy (non-hydrogen) atoms.